The van der Waals surface area contributed by atoms with Gasteiger partial charge in [-0.05, 0) is 48.6 Å². The van der Waals surface area contributed by atoms with Crippen molar-refractivity contribution in [2.24, 2.45) is 0 Å². The van der Waals surface area contributed by atoms with Crippen LogP contribution in [0.2, 0.25) is 0 Å². The van der Waals surface area contributed by atoms with Gasteiger partial charge in [0, 0.05) is 35.8 Å². The number of aryl methyl sites for hydroxylation is 1. The predicted molar refractivity (Wildman–Crippen MR) is 102 cm³/mol. The first-order valence-corrected chi connectivity index (χ1v) is 9.34. The largest absolute Gasteiger partial charge is 0.382 e. The second-order valence-electron chi connectivity index (χ2n) is 6.38. The average molecular weight is 373 g/mol. The van der Waals surface area contributed by atoms with Crippen molar-refractivity contribution in [1.82, 2.24) is 4.90 Å². The lowest BCUT2D eigenvalue weighted by Gasteiger charge is -2.33. The van der Waals surface area contributed by atoms with Crippen molar-refractivity contribution < 1.29 is 0 Å². The lowest BCUT2D eigenvalue weighted by atomic mass is 10.0. The molecular weight excluding hydrogens is 348 g/mol. The van der Waals surface area contributed by atoms with Crippen molar-refractivity contribution in [3.63, 3.8) is 0 Å². The number of halogens is 1. The van der Waals surface area contributed by atoms with Gasteiger partial charge in [0.25, 0.3) is 0 Å². The average Bonchev–Trinajstić information content (AvgIpc) is 2.57. The standard InChI is InChI=1S/C20H25BrN2/c1-2-16-6-8-17(9-7-16)15-23-12-10-19(11-13-23)22-20-5-3-4-18(21)14-20/h3-9,14,19,22H,2,10-13,15H2,1H3. The lowest BCUT2D eigenvalue weighted by molar-refractivity contribution is 0.211. The van der Waals surface area contributed by atoms with Gasteiger partial charge in [-0.3, -0.25) is 4.90 Å². The lowest BCUT2D eigenvalue weighted by Crippen LogP contribution is -2.38. The molecule has 3 heteroatoms. The summed E-state index contributed by atoms with van der Waals surface area (Å²) in [6, 6.07) is 18.1. The molecule has 0 atom stereocenters. The van der Waals surface area contributed by atoms with Gasteiger partial charge in [0.2, 0.25) is 0 Å². The van der Waals surface area contributed by atoms with Crippen molar-refractivity contribution in [3.05, 3.63) is 64.1 Å². The van der Waals surface area contributed by atoms with Gasteiger partial charge in [-0.25, -0.2) is 0 Å². The number of rotatable bonds is 5. The van der Waals surface area contributed by atoms with Gasteiger partial charge in [0.05, 0.1) is 0 Å². The van der Waals surface area contributed by atoms with Gasteiger partial charge in [-0.1, -0.05) is 53.2 Å². The van der Waals surface area contributed by atoms with Crippen LogP contribution in [0.25, 0.3) is 0 Å². The maximum atomic E-state index is 3.66. The molecule has 1 N–H and O–H groups in total. The van der Waals surface area contributed by atoms with Crippen LogP contribution in [0, 0.1) is 0 Å². The molecule has 3 rings (SSSR count). The van der Waals surface area contributed by atoms with Crippen LogP contribution in [0.3, 0.4) is 0 Å². The summed E-state index contributed by atoms with van der Waals surface area (Å²) in [4.78, 5) is 2.57. The zero-order valence-corrected chi connectivity index (χ0v) is 15.3. The molecule has 0 aliphatic carbocycles. The Bertz CT molecular complexity index is 616. The third kappa shape index (κ3) is 4.82. The molecule has 1 fully saturated rings. The molecule has 0 amide bonds. The fourth-order valence-electron chi connectivity index (χ4n) is 3.19. The number of nitrogens with one attached hydrogen (secondary N) is 1. The number of benzene rings is 2. The Morgan fingerprint density at radius 3 is 2.39 bits per heavy atom. The van der Waals surface area contributed by atoms with E-state index in [9.17, 15) is 0 Å². The highest BCUT2D eigenvalue weighted by atomic mass is 79.9. The van der Waals surface area contributed by atoms with E-state index in [1.807, 2.05) is 0 Å². The fourth-order valence-corrected chi connectivity index (χ4v) is 3.59. The Kier molecular flexibility index (Phi) is 5.74. The van der Waals surface area contributed by atoms with E-state index in [2.05, 4.69) is 81.6 Å². The molecule has 0 aromatic heterocycles. The van der Waals surface area contributed by atoms with Crippen LogP contribution < -0.4 is 5.32 Å². The van der Waals surface area contributed by atoms with E-state index in [4.69, 9.17) is 0 Å². The topological polar surface area (TPSA) is 15.3 Å². The summed E-state index contributed by atoms with van der Waals surface area (Å²) >= 11 is 3.54. The summed E-state index contributed by atoms with van der Waals surface area (Å²) in [6.07, 6.45) is 3.53. The van der Waals surface area contributed by atoms with Crippen LogP contribution in [-0.2, 0) is 13.0 Å². The molecule has 2 aromatic carbocycles. The van der Waals surface area contributed by atoms with Gasteiger partial charge in [-0.15, -0.1) is 0 Å². The minimum atomic E-state index is 0.586. The molecule has 1 saturated heterocycles. The van der Waals surface area contributed by atoms with E-state index in [0.717, 1.165) is 17.4 Å². The molecule has 1 aliphatic heterocycles. The summed E-state index contributed by atoms with van der Waals surface area (Å²) in [5.41, 5.74) is 4.07. The second-order valence-corrected chi connectivity index (χ2v) is 7.29. The van der Waals surface area contributed by atoms with Crippen LogP contribution >= 0.6 is 15.9 Å². The highest BCUT2D eigenvalue weighted by molar-refractivity contribution is 9.10. The predicted octanol–water partition coefficient (Wildman–Crippen LogP) is 5.09. The third-order valence-corrected chi connectivity index (χ3v) is 5.11. The molecule has 0 unspecified atom stereocenters. The van der Waals surface area contributed by atoms with E-state index < -0.39 is 0 Å². The molecule has 2 nitrogen and oxygen atoms in total. The maximum absolute atomic E-state index is 3.66. The molecule has 0 spiro atoms. The zero-order valence-electron chi connectivity index (χ0n) is 13.8. The van der Waals surface area contributed by atoms with Crippen LogP contribution in [0.5, 0.6) is 0 Å². The number of hydrogen-bond acceptors (Lipinski definition) is 2. The van der Waals surface area contributed by atoms with Crippen molar-refractivity contribution in [2.75, 3.05) is 18.4 Å². The number of hydrogen-bond donors (Lipinski definition) is 1. The van der Waals surface area contributed by atoms with E-state index in [-0.39, 0.29) is 0 Å². The Balaban J connectivity index is 1.48. The summed E-state index contributed by atoms with van der Waals surface area (Å²) < 4.78 is 1.13. The van der Waals surface area contributed by atoms with Gasteiger partial charge in [0.15, 0.2) is 0 Å². The van der Waals surface area contributed by atoms with Crippen LogP contribution in [0.15, 0.2) is 53.0 Å². The van der Waals surface area contributed by atoms with E-state index >= 15 is 0 Å². The first-order chi connectivity index (χ1) is 11.2. The maximum Gasteiger partial charge on any atom is 0.0353 e. The van der Waals surface area contributed by atoms with Crippen molar-refractivity contribution >= 4 is 21.6 Å². The molecule has 0 radical (unpaired) electrons. The van der Waals surface area contributed by atoms with Gasteiger partial charge < -0.3 is 5.32 Å². The fraction of sp³-hybridized carbons (Fsp3) is 0.400. The van der Waals surface area contributed by atoms with Crippen molar-refractivity contribution in [1.29, 1.82) is 0 Å². The molecule has 0 saturated carbocycles. The number of piperidine rings is 1. The number of likely N-dealkylation sites (tertiary alicyclic amines) is 1. The van der Waals surface area contributed by atoms with Gasteiger partial charge in [-0.2, -0.15) is 0 Å². The van der Waals surface area contributed by atoms with Crippen LogP contribution in [0.4, 0.5) is 5.69 Å². The molecule has 122 valence electrons. The second kappa shape index (κ2) is 7.98. The molecule has 1 aliphatic rings. The highest BCUT2D eigenvalue weighted by Gasteiger charge is 2.19. The third-order valence-electron chi connectivity index (χ3n) is 4.62. The normalized spacial score (nSPS) is 16.4. The van der Waals surface area contributed by atoms with Crippen molar-refractivity contribution in [3.8, 4) is 0 Å². The minimum Gasteiger partial charge on any atom is -0.382 e. The SMILES string of the molecule is CCc1ccc(CN2CCC(Nc3cccc(Br)c3)CC2)cc1. The number of anilines is 1. The van der Waals surface area contributed by atoms with E-state index in [1.165, 1.54) is 42.7 Å². The molecule has 1 heterocycles. The smallest absolute Gasteiger partial charge is 0.0353 e. The highest BCUT2D eigenvalue weighted by Crippen LogP contribution is 2.21. The van der Waals surface area contributed by atoms with Crippen LogP contribution in [0.1, 0.15) is 30.9 Å². The summed E-state index contributed by atoms with van der Waals surface area (Å²) in [5, 5.41) is 3.66. The summed E-state index contributed by atoms with van der Waals surface area (Å²) in [5.74, 6) is 0. The zero-order chi connectivity index (χ0) is 16.1. The van der Waals surface area contributed by atoms with Crippen LogP contribution in [-0.4, -0.2) is 24.0 Å². The van der Waals surface area contributed by atoms with Gasteiger partial charge >= 0.3 is 0 Å². The molecular formula is C20H25BrN2. The molecule has 0 bridgehead atoms. The quantitative estimate of drug-likeness (QED) is 0.786. The first kappa shape index (κ1) is 16.5. The summed E-state index contributed by atoms with van der Waals surface area (Å²) in [7, 11) is 0. The van der Waals surface area contributed by atoms with Gasteiger partial charge in [0.1, 0.15) is 0 Å². The Morgan fingerprint density at radius 2 is 1.74 bits per heavy atom. The molecule has 2 aromatic rings. The summed E-state index contributed by atoms with van der Waals surface area (Å²) in [6.45, 7) is 5.62. The van der Waals surface area contributed by atoms with Crippen molar-refractivity contribution in [2.45, 2.75) is 38.8 Å². The Hall–Kier alpha value is -1.32. The molecule has 23 heavy (non-hydrogen) atoms. The van der Waals surface area contributed by atoms with E-state index in [1.54, 1.807) is 0 Å². The number of nitrogens with zero attached hydrogens (tertiary/aromatic N) is 1. The Morgan fingerprint density at radius 1 is 1.04 bits per heavy atom. The first-order valence-electron chi connectivity index (χ1n) is 8.55. The monoisotopic (exact) mass is 372 g/mol. The minimum absolute atomic E-state index is 0.586. The Labute approximate surface area is 148 Å². The van der Waals surface area contributed by atoms with E-state index in [0.29, 0.717) is 6.04 Å².